The minimum atomic E-state index is -3.80. The van der Waals surface area contributed by atoms with Crippen LogP contribution in [0.2, 0.25) is 15.1 Å². The number of benzene rings is 2. The summed E-state index contributed by atoms with van der Waals surface area (Å²) in [4.78, 5) is 12.7. The topological polar surface area (TPSA) is 66.5 Å². The van der Waals surface area contributed by atoms with Crippen molar-refractivity contribution in [3.63, 3.8) is 0 Å². The van der Waals surface area contributed by atoms with Gasteiger partial charge in [-0.3, -0.25) is 9.10 Å². The first-order chi connectivity index (χ1) is 12.0. The number of anilines is 2. The lowest BCUT2D eigenvalue weighted by atomic mass is 10.2. The summed E-state index contributed by atoms with van der Waals surface area (Å²) in [5.74, 6) is -0.517. The highest BCUT2D eigenvalue weighted by atomic mass is 35.5. The Kier molecular flexibility index (Phi) is 6.45. The standard InChI is InChI=1S/C17H17Cl3N2O3S/c1-10-8-12(18)5-7-15(10)21-17(23)11(2)22(26(3,24)25)16-9-13(19)4-6-14(16)20/h4-9,11H,1-3H3,(H,21,23)/t11-/m1/s1. The number of carbonyl (C=O) groups excluding carboxylic acids is 1. The number of halogens is 3. The summed E-state index contributed by atoms with van der Waals surface area (Å²) in [6.07, 6.45) is 1.00. The summed E-state index contributed by atoms with van der Waals surface area (Å²) in [5, 5.41) is 3.73. The molecule has 1 amide bonds. The zero-order valence-electron chi connectivity index (χ0n) is 14.3. The maximum atomic E-state index is 12.7. The van der Waals surface area contributed by atoms with E-state index in [0.717, 1.165) is 16.1 Å². The van der Waals surface area contributed by atoms with E-state index in [2.05, 4.69) is 5.32 Å². The van der Waals surface area contributed by atoms with Gasteiger partial charge in [0.05, 0.1) is 17.0 Å². The van der Waals surface area contributed by atoms with Crippen LogP contribution in [0.5, 0.6) is 0 Å². The fourth-order valence-corrected chi connectivity index (χ4v) is 4.27. The fourth-order valence-electron chi connectivity index (χ4n) is 2.44. The van der Waals surface area contributed by atoms with Crippen molar-refractivity contribution in [1.82, 2.24) is 0 Å². The lowest BCUT2D eigenvalue weighted by Crippen LogP contribution is -2.45. The average Bonchev–Trinajstić information content (AvgIpc) is 2.52. The summed E-state index contributed by atoms with van der Waals surface area (Å²) in [5.41, 5.74) is 1.43. The van der Waals surface area contributed by atoms with Gasteiger partial charge >= 0.3 is 0 Å². The average molecular weight is 436 g/mol. The largest absolute Gasteiger partial charge is 0.324 e. The predicted molar refractivity (Wildman–Crippen MR) is 108 cm³/mol. The number of aryl methyl sites for hydroxylation is 1. The van der Waals surface area contributed by atoms with Crippen LogP contribution in [-0.4, -0.2) is 26.6 Å². The summed E-state index contributed by atoms with van der Waals surface area (Å²) >= 11 is 18.0. The first-order valence-electron chi connectivity index (χ1n) is 7.52. The van der Waals surface area contributed by atoms with Gasteiger partial charge in [-0.25, -0.2) is 8.42 Å². The lowest BCUT2D eigenvalue weighted by Gasteiger charge is -2.29. The Labute approximate surface area is 167 Å². The SMILES string of the molecule is Cc1cc(Cl)ccc1NC(=O)[C@@H](C)N(c1cc(Cl)ccc1Cl)S(C)(=O)=O. The van der Waals surface area contributed by atoms with Crippen molar-refractivity contribution in [2.24, 2.45) is 0 Å². The van der Waals surface area contributed by atoms with Crippen molar-refractivity contribution in [1.29, 1.82) is 0 Å². The Bertz CT molecular complexity index is 948. The highest BCUT2D eigenvalue weighted by molar-refractivity contribution is 7.92. The molecule has 0 aromatic heterocycles. The minimum Gasteiger partial charge on any atom is -0.324 e. The quantitative estimate of drug-likeness (QED) is 0.737. The smallest absolute Gasteiger partial charge is 0.248 e. The van der Waals surface area contributed by atoms with E-state index in [1.54, 1.807) is 25.1 Å². The Balaban J connectivity index is 2.39. The molecule has 0 aliphatic rings. The van der Waals surface area contributed by atoms with E-state index >= 15 is 0 Å². The van der Waals surface area contributed by atoms with Crippen LogP contribution in [0.15, 0.2) is 36.4 Å². The molecule has 2 aromatic rings. The lowest BCUT2D eigenvalue weighted by molar-refractivity contribution is -0.116. The van der Waals surface area contributed by atoms with E-state index in [9.17, 15) is 13.2 Å². The van der Waals surface area contributed by atoms with E-state index in [1.165, 1.54) is 25.1 Å². The molecular formula is C17H17Cl3N2O3S. The molecule has 140 valence electrons. The van der Waals surface area contributed by atoms with Gasteiger partial charge in [0.15, 0.2) is 0 Å². The minimum absolute atomic E-state index is 0.136. The van der Waals surface area contributed by atoms with Crippen LogP contribution in [0.3, 0.4) is 0 Å². The van der Waals surface area contributed by atoms with Gasteiger partial charge < -0.3 is 5.32 Å². The van der Waals surface area contributed by atoms with Crippen LogP contribution in [0, 0.1) is 6.92 Å². The summed E-state index contributed by atoms with van der Waals surface area (Å²) in [6, 6.07) is 8.35. The summed E-state index contributed by atoms with van der Waals surface area (Å²) < 4.78 is 25.6. The van der Waals surface area contributed by atoms with Gasteiger partial charge in [0.2, 0.25) is 15.9 Å². The Hall–Kier alpha value is -1.47. The van der Waals surface area contributed by atoms with Crippen molar-refractivity contribution in [2.75, 3.05) is 15.9 Å². The zero-order chi connectivity index (χ0) is 19.6. The molecule has 0 spiro atoms. The van der Waals surface area contributed by atoms with E-state index in [-0.39, 0.29) is 10.7 Å². The summed E-state index contributed by atoms with van der Waals surface area (Å²) in [6.45, 7) is 3.26. The molecule has 1 N–H and O–H groups in total. The molecule has 0 unspecified atom stereocenters. The number of hydrogen-bond donors (Lipinski definition) is 1. The van der Waals surface area contributed by atoms with Crippen molar-refractivity contribution in [2.45, 2.75) is 19.9 Å². The number of amides is 1. The number of rotatable bonds is 5. The molecule has 0 radical (unpaired) electrons. The molecule has 0 aliphatic carbocycles. The molecule has 2 rings (SSSR count). The zero-order valence-corrected chi connectivity index (χ0v) is 17.3. The van der Waals surface area contributed by atoms with Gasteiger partial charge in [-0.15, -0.1) is 0 Å². The molecule has 0 saturated heterocycles. The summed E-state index contributed by atoms with van der Waals surface area (Å²) in [7, 11) is -3.80. The third-order valence-corrected chi connectivity index (χ3v) is 5.70. The molecule has 0 fully saturated rings. The molecule has 0 saturated carbocycles. The van der Waals surface area contributed by atoms with Crippen molar-refractivity contribution in [3.05, 3.63) is 57.0 Å². The highest BCUT2D eigenvalue weighted by Crippen LogP contribution is 2.32. The van der Waals surface area contributed by atoms with Crippen molar-refractivity contribution >= 4 is 62.1 Å². The second-order valence-electron chi connectivity index (χ2n) is 5.78. The molecule has 5 nitrogen and oxygen atoms in total. The van der Waals surface area contributed by atoms with Gasteiger partial charge in [0.25, 0.3) is 0 Å². The Morgan fingerprint density at radius 1 is 1.08 bits per heavy atom. The van der Waals surface area contributed by atoms with Crippen molar-refractivity contribution < 1.29 is 13.2 Å². The molecule has 2 aromatic carbocycles. The second-order valence-corrected chi connectivity index (χ2v) is 8.92. The normalized spacial score (nSPS) is 12.5. The molecule has 9 heteroatoms. The Morgan fingerprint density at radius 3 is 2.23 bits per heavy atom. The van der Waals surface area contributed by atoms with Gasteiger partial charge in [-0.1, -0.05) is 34.8 Å². The molecular weight excluding hydrogens is 419 g/mol. The number of nitrogens with one attached hydrogen (secondary N) is 1. The van der Waals surface area contributed by atoms with E-state index in [1.807, 2.05) is 0 Å². The van der Waals surface area contributed by atoms with Gasteiger partial charge in [-0.2, -0.15) is 0 Å². The van der Waals surface area contributed by atoms with E-state index < -0.39 is 22.0 Å². The highest BCUT2D eigenvalue weighted by Gasteiger charge is 2.31. The second kappa shape index (κ2) is 8.05. The van der Waals surface area contributed by atoms with Crippen LogP contribution in [0.1, 0.15) is 12.5 Å². The fraction of sp³-hybridized carbons (Fsp3) is 0.235. The van der Waals surface area contributed by atoms with Crippen LogP contribution in [0.4, 0.5) is 11.4 Å². The van der Waals surface area contributed by atoms with E-state index in [0.29, 0.717) is 15.7 Å². The molecule has 1 atom stereocenters. The van der Waals surface area contributed by atoms with Crippen LogP contribution >= 0.6 is 34.8 Å². The number of sulfonamides is 1. The monoisotopic (exact) mass is 434 g/mol. The van der Waals surface area contributed by atoms with Crippen LogP contribution in [-0.2, 0) is 14.8 Å². The number of hydrogen-bond acceptors (Lipinski definition) is 3. The maximum absolute atomic E-state index is 12.7. The third-order valence-electron chi connectivity index (χ3n) is 3.68. The van der Waals surface area contributed by atoms with Crippen molar-refractivity contribution in [3.8, 4) is 0 Å². The van der Waals surface area contributed by atoms with Gasteiger partial charge in [0, 0.05) is 15.7 Å². The number of nitrogens with zero attached hydrogens (tertiary/aromatic N) is 1. The number of carbonyl (C=O) groups is 1. The predicted octanol–water partition coefficient (Wildman–Crippen LogP) is 4.75. The molecule has 0 bridgehead atoms. The molecule has 0 heterocycles. The maximum Gasteiger partial charge on any atom is 0.248 e. The van der Waals surface area contributed by atoms with Gasteiger partial charge in [-0.05, 0) is 55.8 Å². The van der Waals surface area contributed by atoms with Crippen LogP contribution < -0.4 is 9.62 Å². The molecule has 26 heavy (non-hydrogen) atoms. The first-order valence-corrected chi connectivity index (χ1v) is 10.5. The van der Waals surface area contributed by atoms with Gasteiger partial charge in [0.1, 0.15) is 6.04 Å². The first kappa shape index (κ1) is 20.8. The third kappa shape index (κ3) is 4.82. The Morgan fingerprint density at radius 2 is 1.65 bits per heavy atom. The van der Waals surface area contributed by atoms with E-state index in [4.69, 9.17) is 34.8 Å². The molecule has 0 aliphatic heterocycles. The van der Waals surface area contributed by atoms with Crippen LogP contribution in [0.25, 0.3) is 0 Å².